The second kappa shape index (κ2) is 6.56. The number of benzene rings is 1. The maximum atomic E-state index is 12.3. The Kier molecular flexibility index (Phi) is 4.56. The Morgan fingerprint density at radius 3 is 2.68 bits per heavy atom. The quantitative estimate of drug-likeness (QED) is 0.705. The highest BCUT2D eigenvalue weighted by Crippen LogP contribution is 2.16. The Balaban J connectivity index is 2.33. The van der Waals surface area contributed by atoms with Crippen molar-refractivity contribution in [1.82, 2.24) is 15.3 Å². The van der Waals surface area contributed by atoms with Gasteiger partial charge in [-0.25, -0.2) is 9.78 Å². The number of nitrogens with one attached hydrogen (secondary N) is 2. The minimum absolute atomic E-state index is 0.00340. The van der Waals surface area contributed by atoms with E-state index in [2.05, 4.69) is 27.6 Å². The van der Waals surface area contributed by atoms with Gasteiger partial charge in [-0.3, -0.25) is 4.79 Å². The molecular weight excluding hydrogens is 282 g/mol. The number of aliphatic carboxylic acids is 1. The van der Waals surface area contributed by atoms with Gasteiger partial charge in [-0.2, -0.15) is 0 Å². The zero-order valence-corrected chi connectivity index (χ0v) is 11.7. The molecule has 2 aromatic rings. The van der Waals surface area contributed by atoms with E-state index in [1.165, 1.54) is 18.6 Å². The van der Waals surface area contributed by atoms with E-state index in [0.717, 1.165) is 0 Å². The molecule has 1 unspecified atom stereocenters. The number of hydrogen-bond acceptors (Lipinski definition) is 3. The van der Waals surface area contributed by atoms with Crippen molar-refractivity contribution in [2.24, 2.45) is 0 Å². The molecule has 1 aromatic heterocycles. The van der Waals surface area contributed by atoms with Crippen molar-refractivity contribution in [3.05, 3.63) is 72.5 Å². The number of carbonyl (C=O) groups excluding carboxylic acids is 1. The van der Waals surface area contributed by atoms with E-state index in [9.17, 15) is 14.7 Å². The van der Waals surface area contributed by atoms with Crippen molar-refractivity contribution in [3.8, 4) is 0 Å². The second-order valence-corrected chi connectivity index (χ2v) is 4.70. The molecule has 0 radical (unpaired) electrons. The molecule has 22 heavy (non-hydrogen) atoms. The van der Waals surface area contributed by atoms with Crippen LogP contribution in [-0.2, 0) is 11.2 Å². The summed E-state index contributed by atoms with van der Waals surface area (Å²) < 4.78 is 0. The molecule has 6 heteroatoms. The largest absolute Gasteiger partial charge is 0.479 e. The molecule has 0 saturated heterocycles. The maximum absolute atomic E-state index is 12.3. The number of aromatic amines is 1. The normalized spacial score (nSPS) is 12.7. The van der Waals surface area contributed by atoms with Gasteiger partial charge < -0.3 is 15.4 Å². The molecule has 1 amide bonds. The average Bonchev–Trinajstić information content (AvgIpc) is 3.01. The molecule has 1 heterocycles. The first-order valence-electron chi connectivity index (χ1n) is 6.52. The van der Waals surface area contributed by atoms with Gasteiger partial charge in [0.25, 0.3) is 5.91 Å². The van der Waals surface area contributed by atoms with Gasteiger partial charge in [0.15, 0.2) is 5.54 Å². The highest BCUT2D eigenvalue weighted by molar-refractivity contribution is 5.98. The maximum Gasteiger partial charge on any atom is 0.334 e. The summed E-state index contributed by atoms with van der Waals surface area (Å²) in [6.07, 6.45) is 4.18. The van der Waals surface area contributed by atoms with Crippen LogP contribution < -0.4 is 5.32 Å². The molecule has 0 aliphatic heterocycles. The van der Waals surface area contributed by atoms with Crippen LogP contribution in [0.4, 0.5) is 0 Å². The fraction of sp³-hybridized carbons (Fsp3) is 0.125. The van der Waals surface area contributed by atoms with Gasteiger partial charge in [-0.15, -0.1) is 5.73 Å². The highest BCUT2D eigenvalue weighted by Gasteiger charge is 2.38. The van der Waals surface area contributed by atoms with Crippen LogP contribution in [0.1, 0.15) is 16.1 Å². The van der Waals surface area contributed by atoms with Crippen LogP contribution in [0.5, 0.6) is 0 Å². The summed E-state index contributed by atoms with van der Waals surface area (Å²) in [5.74, 6) is -1.70. The van der Waals surface area contributed by atoms with Crippen molar-refractivity contribution >= 4 is 11.9 Å². The van der Waals surface area contributed by atoms with Crippen LogP contribution in [0.3, 0.4) is 0 Å². The SMILES string of the molecule is C=C=CC(Cc1cnc[nH]1)(NC(=O)c1ccccc1)C(=O)O. The van der Waals surface area contributed by atoms with Crippen molar-refractivity contribution in [2.75, 3.05) is 0 Å². The number of hydrogen-bond donors (Lipinski definition) is 3. The summed E-state index contributed by atoms with van der Waals surface area (Å²) in [6, 6.07) is 8.40. The predicted molar refractivity (Wildman–Crippen MR) is 80.3 cm³/mol. The molecule has 0 aliphatic carbocycles. The van der Waals surface area contributed by atoms with Crippen LogP contribution in [0, 0.1) is 0 Å². The van der Waals surface area contributed by atoms with E-state index in [4.69, 9.17) is 0 Å². The second-order valence-electron chi connectivity index (χ2n) is 4.70. The average molecular weight is 297 g/mol. The Labute approximate surface area is 127 Å². The van der Waals surface area contributed by atoms with Crippen LogP contribution in [0.15, 0.2) is 61.2 Å². The molecular formula is C16H15N3O3. The fourth-order valence-electron chi connectivity index (χ4n) is 2.04. The smallest absolute Gasteiger partial charge is 0.334 e. The minimum atomic E-state index is -1.65. The molecule has 1 atom stereocenters. The van der Waals surface area contributed by atoms with Crippen LogP contribution in [0.2, 0.25) is 0 Å². The van der Waals surface area contributed by atoms with Crippen LogP contribution in [0.25, 0.3) is 0 Å². The molecule has 6 nitrogen and oxygen atoms in total. The lowest BCUT2D eigenvalue weighted by atomic mass is 9.92. The molecule has 1 aromatic carbocycles. The number of carboxylic acid groups (broad SMARTS) is 1. The highest BCUT2D eigenvalue weighted by atomic mass is 16.4. The minimum Gasteiger partial charge on any atom is -0.479 e. The fourth-order valence-corrected chi connectivity index (χ4v) is 2.04. The summed E-state index contributed by atoms with van der Waals surface area (Å²) in [7, 11) is 0. The number of imidazole rings is 1. The third-order valence-corrected chi connectivity index (χ3v) is 3.13. The topological polar surface area (TPSA) is 95.1 Å². The lowest BCUT2D eigenvalue weighted by Gasteiger charge is -2.26. The lowest BCUT2D eigenvalue weighted by molar-refractivity contribution is -0.142. The molecule has 0 saturated carbocycles. The van der Waals surface area contributed by atoms with E-state index < -0.39 is 17.4 Å². The first-order chi connectivity index (χ1) is 10.6. The molecule has 0 fully saturated rings. The molecule has 0 aliphatic rings. The molecule has 112 valence electrons. The summed E-state index contributed by atoms with van der Waals surface area (Å²) in [4.78, 5) is 30.7. The number of rotatable bonds is 6. The van der Waals surface area contributed by atoms with Crippen molar-refractivity contribution < 1.29 is 14.7 Å². The Morgan fingerprint density at radius 2 is 2.14 bits per heavy atom. The van der Waals surface area contributed by atoms with E-state index in [0.29, 0.717) is 11.3 Å². The van der Waals surface area contributed by atoms with E-state index >= 15 is 0 Å². The van der Waals surface area contributed by atoms with E-state index in [-0.39, 0.29) is 6.42 Å². The van der Waals surface area contributed by atoms with Crippen molar-refractivity contribution in [1.29, 1.82) is 0 Å². The summed E-state index contributed by atoms with van der Waals surface area (Å²) in [5.41, 5.74) is 1.74. The number of aromatic nitrogens is 2. The van der Waals surface area contributed by atoms with Crippen LogP contribution in [-0.4, -0.2) is 32.5 Å². The molecule has 0 spiro atoms. The summed E-state index contributed by atoms with van der Waals surface area (Å²) in [6.45, 7) is 3.42. The standard InChI is InChI=1S/C16H15N3O3/c1-2-8-16(15(21)22,9-13-10-17-11-18-13)19-14(20)12-6-4-3-5-7-12/h3-8,10-11H,1,9H2,(H,17,18)(H,19,20)(H,21,22). The van der Waals surface area contributed by atoms with Gasteiger partial charge in [0.2, 0.25) is 0 Å². The Hall–Kier alpha value is -3.11. The molecule has 0 bridgehead atoms. The summed E-state index contributed by atoms with van der Waals surface area (Å²) >= 11 is 0. The zero-order valence-electron chi connectivity index (χ0n) is 11.7. The number of nitrogens with zero attached hydrogens (tertiary/aromatic N) is 1. The van der Waals surface area contributed by atoms with Gasteiger partial charge in [0.1, 0.15) is 0 Å². The number of carbonyl (C=O) groups is 2. The third-order valence-electron chi connectivity index (χ3n) is 3.13. The first-order valence-corrected chi connectivity index (χ1v) is 6.52. The number of carboxylic acids is 1. The third kappa shape index (κ3) is 3.31. The van der Waals surface area contributed by atoms with Gasteiger partial charge in [0, 0.05) is 23.9 Å². The van der Waals surface area contributed by atoms with E-state index in [1.54, 1.807) is 30.3 Å². The molecule has 3 N–H and O–H groups in total. The van der Waals surface area contributed by atoms with Crippen molar-refractivity contribution in [3.63, 3.8) is 0 Å². The summed E-state index contributed by atoms with van der Waals surface area (Å²) in [5, 5.41) is 12.1. The Bertz CT molecular complexity index is 700. The molecule has 2 rings (SSSR count). The lowest BCUT2D eigenvalue weighted by Crippen LogP contribution is -2.54. The van der Waals surface area contributed by atoms with Gasteiger partial charge >= 0.3 is 5.97 Å². The monoisotopic (exact) mass is 297 g/mol. The van der Waals surface area contributed by atoms with E-state index in [1.807, 2.05) is 0 Å². The van der Waals surface area contributed by atoms with Gasteiger partial charge in [-0.05, 0) is 18.2 Å². The Morgan fingerprint density at radius 1 is 1.41 bits per heavy atom. The van der Waals surface area contributed by atoms with Crippen molar-refractivity contribution in [2.45, 2.75) is 12.0 Å². The zero-order chi connectivity index (χ0) is 16.0. The van der Waals surface area contributed by atoms with Crippen LogP contribution >= 0.6 is 0 Å². The number of amides is 1. The van der Waals surface area contributed by atoms with Gasteiger partial charge in [0.05, 0.1) is 6.33 Å². The number of H-pyrrole nitrogens is 1. The predicted octanol–water partition coefficient (Wildman–Crippen LogP) is 1.55. The van der Waals surface area contributed by atoms with Gasteiger partial charge in [-0.1, -0.05) is 24.8 Å². The first kappa shape index (κ1) is 15.3.